The van der Waals surface area contributed by atoms with Crippen LogP contribution in [0, 0.1) is 0 Å². The Kier molecular flexibility index (Phi) is 5.79. The second-order valence-corrected chi connectivity index (χ2v) is 7.92. The largest absolute Gasteiger partial charge is 0.382 e. The third-order valence-electron chi connectivity index (χ3n) is 4.52. The molecule has 2 aromatic heterocycles. The molecule has 2 aromatic rings. The summed E-state index contributed by atoms with van der Waals surface area (Å²) in [7, 11) is 2.01. The number of nitrogens with two attached hydrogens (primary N) is 2. The first-order chi connectivity index (χ1) is 12.4. The number of nitrogens with one attached hydrogen (secondary N) is 1. The van der Waals surface area contributed by atoms with E-state index in [2.05, 4.69) is 32.0 Å². The van der Waals surface area contributed by atoms with E-state index < -0.39 is 0 Å². The zero-order chi connectivity index (χ0) is 18.7. The van der Waals surface area contributed by atoms with Gasteiger partial charge in [0.25, 0.3) is 0 Å². The predicted molar refractivity (Wildman–Crippen MR) is 109 cm³/mol. The summed E-state index contributed by atoms with van der Waals surface area (Å²) in [6.07, 6.45) is 5.43. The second kappa shape index (κ2) is 7.90. The van der Waals surface area contributed by atoms with Crippen LogP contribution in [0.5, 0.6) is 0 Å². The maximum absolute atomic E-state index is 6.19. The zero-order valence-electron chi connectivity index (χ0n) is 14.9. The molecule has 0 amide bonds. The van der Waals surface area contributed by atoms with Gasteiger partial charge in [0.15, 0.2) is 5.82 Å². The van der Waals surface area contributed by atoms with E-state index in [9.17, 15) is 0 Å². The van der Waals surface area contributed by atoms with Gasteiger partial charge in [-0.3, -0.25) is 0 Å². The molecule has 1 aliphatic rings. The van der Waals surface area contributed by atoms with Gasteiger partial charge in [-0.15, -0.1) is 0 Å². The molecular weight excluding hydrogens is 369 g/mol. The van der Waals surface area contributed by atoms with E-state index in [1.807, 2.05) is 14.2 Å². The van der Waals surface area contributed by atoms with Gasteiger partial charge in [-0.05, 0) is 25.8 Å². The van der Waals surface area contributed by atoms with E-state index in [-0.39, 0.29) is 11.4 Å². The van der Waals surface area contributed by atoms with Crippen LogP contribution < -0.4 is 21.6 Å². The summed E-state index contributed by atoms with van der Waals surface area (Å²) in [5.41, 5.74) is 12.0. The van der Waals surface area contributed by atoms with Gasteiger partial charge in [0.1, 0.15) is 16.7 Å². The highest BCUT2D eigenvalue weighted by atomic mass is 35.5. The Labute approximate surface area is 163 Å². The van der Waals surface area contributed by atoms with Crippen LogP contribution in [-0.2, 0) is 0 Å². The molecule has 0 aromatic carbocycles. The molecule has 26 heavy (non-hydrogen) atoms. The number of hydrogen-bond acceptors (Lipinski definition) is 8. The van der Waals surface area contributed by atoms with Crippen LogP contribution in [0.15, 0.2) is 28.4 Å². The van der Waals surface area contributed by atoms with Crippen LogP contribution in [0.1, 0.15) is 19.8 Å². The first-order valence-electron chi connectivity index (χ1n) is 8.43. The van der Waals surface area contributed by atoms with Crippen LogP contribution in [0.2, 0.25) is 11.8 Å². The molecule has 0 unspecified atom stereocenters. The highest BCUT2D eigenvalue weighted by molar-refractivity contribution is 7.99. The summed E-state index contributed by atoms with van der Waals surface area (Å²) in [6.45, 7) is 6.08. The summed E-state index contributed by atoms with van der Waals surface area (Å²) in [6, 6.07) is 1.78. The molecule has 0 spiro atoms. The fourth-order valence-electron chi connectivity index (χ4n) is 2.96. The lowest BCUT2D eigenvalue weighted by Crippen LogP contribution is -2.52. The van der Waals surface area contributed by atoms with Crippen molar-refractivity contribution in [3.05, 3.63) is 23.5 Å². The average Bonchev–Trinajstić information content (AvgIpc) is 2.61. The molecule has 1 aliphatic heterocycles. The number of nitrogen functional groups attached to an aromatic ring is 2. The van der Waals surface area contributed by atoms with Crippen molar-refractivity contribution in [2.75, 3.05) is 29.5 Å². The number of hydrogen-bond donors (Lipinski definition) is 3. The van der Waals surface area contributed by atoms with Crippen molar-refractivity contribution < 1.29 is 0 Å². The molecule has 10 heteroatoms. The van der Waals surface area contributed by atoms with Gasteiger partial charge in [0.05, 0.1) is 11.2 Å². The standard InChI is InChI=1S/C16H22BClN7S/c1-16(24-17-2)4-7-25(8-5-16)11-9-22-15(14(20)23-11)26-10-3-6-21-13(19)12(10)18/h3,6,9,24H,4-5,7-8H2,1-2H3,(H2,19,21)(H2,20,23). The van der Waals surface area contributed by atoms with Crippen molar-refractivity contribution >= 4 is 48.2 Å². The number of aromatic nitrogens is 3. The van der Waals surface area contributed by atoms with Crippen LogP contribution in [-0.4, -0.2) is 41.0 Å². The summed E-state index contributed by atoms with van der Waals surface area (Å²) < 4.78 is 0. The van der Waals surface area contributed by atoms with E-state index in [0.29, 0.717) is 15.9 Å². The Morgan fingerprint density at radius 3 is 2.65 bits per heavy atom. The summed E-state index contributed by atoms with van der Waals surface area (Å²) in [5, 5.41) is 4.45. The van der Waals surface area contributed by atoms with Crippen LogP contribution in [0.25, 0.3) is 0 Å². The average molecular weight is 391 g/mol. The number of pyridine rings is 1. The lowest BCUT2D eigenvalue weighted by Gasteiger charge is -2.40. The fourth-order valence-corrected chi connectivity index (χ4v) is 3.97. The van der Waals surface area contributed by atoms with Gasteiger partial charge in [-0.2, -0.15) is 0 Å². The Bertz CT molecular complexity index is 783. The molecule has 1 radical (unpaired) electrons. The maximum Gasteiger partial charge on any atom is 0.202 e. The summed E-state index contributed by atoms with van der Waals surface area (Å²) in [5.74, 6) is 1.47. The molecule has 3 rings (SSSR count). The van der Waals surface area contributed by atoms with Crippen LogP contribution >= 0.6 is 23.4 Å². The minimum absolute atomic E-state index is 0.137. The van der Waals surface area contributed by atoms with Crippen molar-refractivity contribution in [1.29, 1.82) is 0 Å². The van der Waals surface area contributed by atoms with Gasteiger partial charge in [0.2, 0.25) is 7.41 Å². The first-order valence-corrected chi connectivity index (χ1v) is 9.62. The number of piperidine rings is 1. The lowest BCUT2D eigenvalue weighted by molar-refractivity contribution is 0.333. The predicted octanol–water partition coefficient (Wildman–Crippen LogP) is 2.46. The smallest absolute Gasteiger partial charge is 0.202 e. The number of halogens is 1. The SMILES string of the molecule is C[B]NC1(C)CCN(c2cnc(Sc3ccnc(N)c3Cl)c(N)n2)CC1. The van der Waals surface area contributed by atoms with Crippen LogP contribution in [0.3, 0.4) is 0 Å². The molecular formula is C16H22BClN7S. The van der Waals surface area contributed by atoms with Crippen molar-refractivity contribution in [3.63, 3.8) is 0 Å². The lowest BCUT2D eigenvalue weighted by atomic mass is 9.83. The highest BCUT2D eigenvalue weighted by Gasteiger charge is 2.29. The van der Waals surface area contributed by atoms with Gasteiger partial charge in [-0.1, -0.05) is 30.2 Å². The molecule has 0 bridgehead atoms. The topological polar surface area (TPSA) is 106 Å². The molecule has 0 atom stereocenters. The minimum Gasteiger partial charge on any atom is -0.382 e. The van der Waals surface area contributed by atoms with E-state index >= 15 is 0 Å². The van der Waals surface area contributed by atoms with Gasteiger partial charge < -0.3 is 21.6 Å². The highest BCUT2D eigenvalue weighted by Crippen LogP contribution is 2.36. The van der Waals surface area contributed by atoms with Gasteiger partial charge >= 0.3 is 0 Å². The molecule has 0 aliphatic carbocycles. The number of rotatable bonds is 5. The monoisotopic (exact) mass is 390 g/mol. The van der Waals surface area contributed by atoms with Crippen LogP contribution in [0.4, 0.5) is 17.5 Å². The van der Waals surface area contributed by atoms with Crippen molar-refractivity contribution in [2.45, 2.75) is 42.0 Å². The quantitative estimate of drug-likeness (QED) is 0.668. The fraction of sp³-hybridized carbons (Fsp3) is 0.438. The normalized spacial score (nSPS) is 16.5. The zero-order valence-corrected chi connectivity index (χ0v) is 16.4. The molecule has 0 saturated carbocycles. The number of nitrogens with zero attached hydrogens (tertiary/aromatic N) is 4. The first kappa shape index (κ1) is 19.1. The Balaban J connectivity index is 1.71. The number of anilines is 3. The molecule has 1 saturated heterocycles. The Morgan fingerprint density at radius 2 is 2.00 bits per heavy atom. The Hall–Kier alpha value is -1.71. The van der Waals surface area contributed by atoms with Gasteiger partial charge in [0, 0.05) is 29.7 Å². The van der Waals surface area contributed by atoms with E-state index in [1.54, 1.807) is 18.5 Å². The van der Waals surface area contributed by atoms with E-state index in [4.69, 9.17) is 23.1 Å². The van der Waals surface area contributed by atoms with Gasteiger partial charge in [-0.25, -0.2) is 15.0 Å². The molecule has 3 heterocycles. The van der Waals surface area contributed by atoms with Crippen molar-refractivity contribution in [3.8, 4) is 0 Å². The van der Waals surface area contributed by atoms with Crippen molar-refractivity contribution in [2.24, 2.45) is 0 Å². The second-order valence-electron chi connectivity index (χ2n) is 6.51. The Morgan fingerprint density at radius 1 is 1.27 bits per heavy atom. The molecule has 7 nitrogen and oxygen atoms in total. The molecule has 5 N–H and O–H groups in total. The van der Waals surface area contributed by atoms with Crippen molar-refractivity contribution in [1.82, 2.24) is 20.2 Å². The summed E-state index contributed by atoms with van der Waals surface area (Å²) in [4.78, 5) is 15.9. The minimum atomic E-state index is 0.137. The maximum atomic E-state index is 6.19. The molecule has 1 fully saturated rings. The molecule has 137 valence electrons. The third kappa shape index (κ3) is 4.16. The third-order valence-corrected chi connectivity index (χ3v) is 6.10. The summed E-state index contributed by atoms with van der Waals surface area (Å²) >= 11 is 7.52. The van der Waals surface area contributed by atoms with E-state index in [0.717, 1.165) is 36.6 Å². The van der Waals surface area contributed by atoms with E-state index in [1.165, 1.54) is 11.8 Å².